The van der Waals surface area contributed by atoms with Gasteiger partial charge >= 0.3 is 5.97 Å². The molecule has 0 unspecified atom stereocenters. The molecule has 1 amide bonds. The predicted octanol–water partition coefficient (Wildman–Crippen LogP) is 3.60. The highest BCUT2D eigenvalue weighted by Gasteiger charge is 2.22. The van der Waals surface area contributed by atoms with E-state index < -0.39 is 18.0 Å². The summed E-state index contributed by atoms with van der Waals surface area (Å²) in [4.78, 5) is 28.7. The van der Waals surface area contributed by atoms with Gasteiger partial charge in [-0.2, -0.15) is 0 Å². The average Bonchev–Trinajstić information content (AvgIpc) is 2.80. The number of halogens is 1. The number of carbonyl (C=O) groups excluding carboxylic acids is 2. The zero-order chi connectivity index (χ0) is 16.3. The monoisotopic (exact) mass is 338 g/mol. The van der Waals surface area contributed by atoms with Gasteiger partial charge in [0.25, 0.3) is 5.91 Å². The molecule has 1 aromatic carbocycles. The number of thiazole rings is 1. The third-order valence-corrected chi connectivity index (χ3v) is 4.26. The van der Waals surface area contributed by atoms with Crippen molar-refractivity contribution < 1.29 is 14.3 Å². The Bertz CT molecular complexity index is 715. The highest BCUT2D eigenvalue weighted by molar-refractivity contribution is 7.13. The van der Waals surface area contributed by atoms with Crippen LogP contribution in [0.4, 0.5) is 5.69 Å². The lowest BCUT2D eigenvalue weighted by Gasteiger charge is -2.13. The maximum absolute atomic E-state index is 12.1. The van der Waals surface area contributed by atoms with E-state index in [1.54, 1.807) is 31.2 Å². The molecule has 5 nitrogen and oxygen atoms in total. The van der Waals surface area contributed by atoms with Crippen LogP contribution >= 0.6 is 22.9 Å². The topological polar surface area (TPSA) is 68.3 Å². The lowest BCUT2D eigenvalue weighted by atomic mass is 10.3. The standard InChI is InChI=1S/C15H15ClN2O3S/c1-8-13(22-10(3)17-8)15(20)21-9(2)14(19)18-12-7-5-4-6-11(12)16/h4-7,9H,1-3H3,(H,18,19)/t9-/m0/s1. The number of nitrogens with one attached hydrogen (secondary N) is 1. The Morgan fingerprint density at radius 3 is 2.59 bits per heavy atom. The van der Waals surface area contributed by atoms with E-state index in [-0.39, 0.29) is 0 Å². The lowest BCUT2D eigenvalue weighted by Crippen LogP contribution is -2.30. The minimum atomic E-state index is -0.939. The van der Waals surface area contributed by atoms with Gasteiger partial charge in [-0.1, -0.05) is 23.7 Å². The van der Waals surface area contributed by atoms with E-state index in [2.05, 4.69) is 10.3 Å². The zero-order valence-corrected chi connectivity index (χ0v) is 13.9. The van der Waals surface area contributed by atoms with E-state index in [0.717, 1.165) is 5.01 Å². The fraction of sp³-hybridized carbons (Fsp3) is 0.267. The van der Waals surface area contributed by atoms with E-state index in [1.807, 2.05) is 6.92 Å². The van der Waals surface area contributed by atoms with Crippen molar-refractivity contribution in [2.45, 2.75) is 26.9 Å². The van der Waals surface area contributed by atoms with Gasteiger partial charge in [-0.3, -0.25) is 4.79 Å². The third-order valence-electron chi connectivity index (χ3n) is 2.87. The fourth-order valence-electron chi connectivity index (χ4n) is 1.79. The summed E-state index contributed by atoms with van der Waals surface area (Å²) in [6.45, 7) is 5.05. The molecule has 0 spiro atoms. The molecule has 1 atom stereocenters. The van der Waals surface area contributed by atoms with Crippen LogP contribution in [0.1, 0.15) is 27.3 Å². The molecule has 0 saturated heterocycles. The van der Waals surface area contributed by atoms with Crippen LogP contribution < -0.4 is 5.32 Å². The van der Waals surface area contributed by atoms with Gasteiger partial charge in [-0.15, -0.1) is 11.3 Å². The molecule has 2 aromatic rings. The van der Waals surface area contributed by atoms with Crippen molar-refractivity contribution in [3.63, 3.8) is 0 Å². The summed E-state index contributed by atoms with van der Waals surface area (Å²) < 4.78 is 5.18. The Balaban J connectivity index is 2.01. The zero-order valence-electron chi connectivity index (χ0n) is 12.3. The summed E-state index contributed by atoms with van der Waals surface area (Å²) in [5, 5.41) is 3.82. The van der Waals surface area contributed by atoms with Crippen molar-refractivity contribution in [3.8, 4) is 0 Å². The molecule has 116 valence electrons. The maximum atomic E-state index is 12.1. The van der Waals surface area contributed by atoms with Crippen LogP contribution in [0.5, 0.6) is 0 Å². The van der Waals surface area contributed by atoms with E-state index in [9.17, 15) is 9.59 Å². The van der Waals surface area contributed by atoms with Gasteiger partial charge in [0.05, 0.1) is 21.4 Å². The maximum Gasteiger partial charge on any atom is 0.351 e. The highest BCUT2D eigenvalue weighted by Crippen LogP contribution is 2.22. The van der Waals surface area contributed by atoms with Gasteiger partial charge in [-0.25, -0.2) is 9.78 Å². The van der Waals surface area contributed by atoms with Crippen molar-refractivity contribution in [1.82, 2.24) is 4.98 Å². The molecule has 0 aliphatic rings. The molecule has 7 heteroatoms. The summed E-state index contributed by atoms with van der Waals surface area (Å²) in [6, 6.07) is 6.85. The fourth-order valence-corrected chi connectivity index (χ4v) is 2.77. The number of ether oxygens (including phenoxy) is 1. The van der Waals surface area contributed by atoms with Crippen molar-refractivity contribution >= 4 is 40.5 Å². The third kappa shape index (κ3) is 3.84. The molecule has 1 heterocycles. The summed E-state index contributed by atoms with van der Waals surface area (Å²) >= 11 is 7.21. The van der Waals surface area contributed by atoms with Gasteiger partial charge < -0.3 is 10.1 Å². The number of rotatable bonds is 4. The minimum absolute atomic E-state index is 0.412. The summed E-state index contributed by atoms with van der Waals surface area (Å²) in [7, 11) is 0. The normalized spacial score (nSPS) is 11.8. The first-order valence-electron chi connectivity index (χ1n) is 6.59. The number of anilines is 1. The van der Waals surface area contributed by atoms with E-state index >= 15 is 0 Å². The number of benzene rings is 1. The predicted molar refractivity (Wildman–Crippen MR) is 86.5 cm³/mol. The van der Waals surface area contributed by atoms with Crippen LogP contribution in [0.3, 0.4) is 0 Å². The van der Waals surface area contributed by atoms with E-state index in [0.29, 0.717) is 21.3 Å². The molecule has 0 saturated carbocycles. The Morgan fingerprint density at radius 2 is 2.00 bits per heavy atom. The first-order valence-corrected chi connectivity index (χ1v) is 7.78. The SMILES string of the molecule is Cc1nc(C)c(C(=O)O[C@@H](C)C(=O)Nc2ccccc2Cl)s1. The van der Waals surface area contributed by atoms with E-state index in [4.69, 9.17) is 16.3 Å². The van der Waals surface area contributed by atoms with Crippen LogP contribution in [-0.2, 0) is 9.53 Å². The second kappa shape index (κ2) is 6.89. The van der Waals surface area contributed by atoms with Gasteiger partial charge in [0.2, 0.25) is 0 Å². The van der Waals surface area contributed by atoms with Gasteiger partial charge in [0.1, 0.15) is 4.88 Å². The number of aromatic nitrogens is 1. The first kappa shape index (κ1) is 16.5. The summed E-state index contributed by atoms with van der Waals surface area (Å²) in [6.07, 6.45) is -0.939. The molecule has 0 fully saturated rings. The molecule has 0 bridgehead atoms. The quantitative estimate of drug-likeness (QED) is 0.865. The van der Waals surface area contributed by atoms with Crippen molar-refractivity contribution in [1.29, 1.82) is 0 Å². The van der Waals surface area contributed by atoms with Crippen molar-refractivity contribution in [2.75, 3.05) is 5.32 Å². The molecule has 22 heavy (non-hydrogen) atoms. The number of hydrogen-bond acceptors (Lipinski definition) is 5. The number of aryl methyl sites for hydroxylation is 2. The average molecular weight is 339 g/mol. The van der Waals surface area contributed by atoms with Crippen molar-refractivity contribution in [2.24, 2.45) is 0 Å². The number of nitrogens with zero attached hydrogens (tertiary/aromatic N) is 1. The highest BCUT2D eigenvalue weighted by atomic mass is 35.5. The largest absolute Gasteiger partial charge is 0.448 e. The molecular formula is C15H15ClN2O3S. The molecule has 0 aliphatic carbocycles. The van der Waals surface area contributed by atoms with Crippen molar-refractivity contribution in [3.05, 3.63) is 44.9 Å². The second-order valence-corrected chi connectivity index (χ2v) is 6.27. The first-order chi connectivity index (χ1) is 10.4. The summed E-state index contributed by atoms with van der Waals surface area (Å²) in [5.74, 6) is -0.995. The molecule has 0 aliphatic heterocycles. The van der Waals surface area contributed by atoms with Crippen LogP contribution in [0.25, 0.3) is 0 Å². The molecule has 1 N–H and O–H groups in total. The Labute approximate surface area is 137 Å². The van der Waals surface area contributed by atoms with Gasteiger partial charge in [-0.05, 0) is 32.9 Å². The van der Waals surface area contributed by atoms with Crippen LogP contribution in [0.15, 0.2) is 24.3 Å². The van der Waals surface area contributed by atoms with E-state index in [1.165, 1.54) is 18.3 Å². The number of carbonyl (C=O) groups is 2. The summed E-state index contributed by atoms with van der Waals surface area (Å²) in [5.41, 5.74) is 1.08. The van der Waals surface area contributed by atoms with Gasteiger partial charge in [0, 0.05) is 0 Å². The van der Waals surface area contributed by atoms with Crippen LogP contribution in [-0.4, -0.2) is 23.0 Å². The molecule has 2 rings (SSSR count). The number of amides is 1. The Kier molecular flexibility index (Phi) is 5.15. The van der Waals surface area contributed by atoms with Crippen LogP contribution in [0, 0.1) is 13.8 Å². The number of hydrogen-bond donors (Lipinski definition) is 1. The Morgan fingerprint density at radius 1 is 1.32 bits per heavy atom. The molecule has 1 aromatic heterocycles. The van der Waals surface area contributed by atoms with Crippen LogP contribution in [0.2, 0.25) is 5.02 Å². The second-order valence-electron chi connectivity index (χ2n) is 4.66. The molecule has 0 radical (unpaired) electrons. The number of para-hydroxylation sites is 1. The lowest BCUT2D eigenvalue weighted by molar-refractivity contribution is -0.123. The molecular weight excluding hydrogens is 324 g/mol. The number of esters is 1. The smallest absolute Gasteiger partial charge is 0.351 e. The minimum Gasteiger partial charge on any atom is -0.448 e. The van der Waals surface area contributed by atoms with Gasteiger partial charge in [0.15, 0.2) is 6.10 Å². The Hall–Kier alpha value is -1.92.